The second-order valence-electron chi connectivity index (χ2n) is 7.01. The summed E-state index contributed by atoms with van der Waals surface area (Å²) < 4.78 is 11.3. The minimum Gasteiger partial charge on any atom is -0.542 e. The van der Waals surface area contributed by atoms with Crippen LogP contribution in [0.4, 0.5) is 0 Å². The minimum absolute atomic E-state index is 0.0354. The molecule has 0 fully saturated rings. The zero-order chi connectivity index (χ0) is 18.5. The molecule has 1 N–H and O–H groups in total. The highest BCUT2D eigenvalue weighted by atomic mass is 28.3. The van der Waals surface area contributed by atoms with Gasteiger partial charge in [-0.3, -0.25) is 9.59 Å². The Balaban J connectivity index is 3.43. The molecular weight excluding hydrogens is 324 g/mol. The van der Waals surface area contributed by atoms with Gasteiger partial charge in [-0.05, 0) is 36.1 Å². The predicted octanol–water partition coefficient (Wildman–Crippen LogP) is 3.69. The lowest BCUT2D eigenvalue weighted by Gasteiger charge is -2.27. The quantitative estimate of drug-likeness (QED) is 0.599. The van der Waals surface area contributed by atoms with Crippen LogP contribution in [-0.4, -0.2) is 26.1 Å². The first-order valence-corrected chi connectivity index (χ1v) is 10.4. The number of aliphatic carboxylic acids is 1. The monoisotopic (exact) mass is 351 g/mol. The van der Waals surface area contributed by atoms with E-state index in [0.29, 0.717) is 12.2 Å². The number of esters is 1. The average Bonchev–Trinajstić information content (AvgIpc) is 2.42. The number of carbonyl (C=O) groups excluding carboxylic acids is 1. The molecule has 0 amide bonds. The van der Waals surface area contributed by atoms with Gasteiger partial charge in [0.15, 0.2) is 0 Å². The molecule has 0 heterocycles. The second kappa shape index (κ2) is 8.33. The highest BCUT2D eigenvalue weighted by Gasteiger charge is 2.24. The summed E-state index contributed by atoms with van der Waals surface area (Å²) in [7, 11) is -1.06. The third-order valence-corrected chi connectivity index (χ3v) is 4.10. The summed E-state index contributed by atoms with van der Waals surface area (Å²) in [5.41, 5.74) is 2.58. The Morgan fingerprint density at radius 3 is 2.29 bits per heavy atom. The first-order chi connectivity index (χ1) is 11.0. The van der Waals surface area contributed by atoms with Gasteiger partial charge in [0, 0.05) is 18.9 Å². The van der Waals surface area contributed by atoms with Crippen molar-refractivity contribution in [2.75, 3.05) is 0 Å². The van der Waals surface area contributed by atoms with Gasteiger partial charge in [0.1, 0.15) is 12.4 Å². The maximum absolute atomic E-state index is 11.3. The number of hydrogen-bond donors (Lipinski definition) is 1. The van der Waals surface area contributed by atoms with E-state index in [1.54, 1.807) is 0 Å². The lowest BCUT2D eigenvalue weighted by molar-refractivity contribution is -0.142. The van der Waals surface area contributed by atoms with Crippen molar-refractivity contribution in [2.45, 2.75) is 65.7 Å². The van der Waals surface area contributed by atoms with Crippen molar-refractivity contribution >= 4 is 21.0 Å². The van der Waals surface area contributed by atoms with Gasteiger partial charge in [-0.15, -0.1) is 0 Å². The van der Waals surface area contributed by atoms with E-state index in [0.717, 1.165) is 16.7 Å². The van der Waals surface area contributed by atoms with E-state index in [1.807, 2.05) is 25.2 Å². The summed E-state index contributed by atoms with van der Waals surface area (Å²) in [6.45, 7) is 11.8. The van der Waals surface area contributed by atoms with E-state index in [-0.39, 0.29) is 24.4 Å². The van der Waals surface area contributed by atoms with Gasteiger partial charge in [0.2, 0.25) is 0 Å². The van der Waals surface area contributed by atoms with E-state index in [4.69, 9.17) is 14.3 Å². The number of carbonyl (C=O) groups is 2. The fourth-order valence-electron chi connectivity index (χ4n) is 2.47. The van der Waals surface area contributed by atoms with Crippen LogP contribution in [0, 0.1) is 0 Å². The van der Waals surface area contributed by atoms with Crippen molar-refractivity contribution in [3.05, 3.63) is 28.8 Å². The van der Waals surface area contributed by atoms with Gasteiger partial charge in [-0.1, -0.05) is 32.9 Å². The number of carboxylic acid groups (broad SMARTS) is 1. The van der Waals surface area contributed by atoms with Crippen molar-refractivity contribution < 1.29 is 23.9 Å². The van der Waals surface area contributed by atoms with Crippen molar-refractivity contribution in [1.82, 2.24) is 0 Å². The first-order valence-electron chi connectivity index (χ1n) is 8.00. The molecular formula is C18H27O5Si. The normalized spacial score (nSPS) is 11.5. The maximum Gasteiger partial charge on any atom is 0.303 e. The van der Waals surface area contributed by atoms with Crippen molar-refractivity contribution in [1.29, 1.82) is 0 Å². The van der Waals surface area contributed by atoms with E-state index >= 15 is 0 Å². The molecule has 0 bridgehead atoms. The van der Waals surface area contributed by atoms with Crippen LogP contribution in [0.25, 0.3) is 0 Å². The number of hydrogen-bond acceptors (Lipinski definition) is 4. The molecule has 0 saturated heterocycles. The first kappa shape index (κ1) is 20.2. The van der Waals surface area contributed by atoms with Crippen LogP contribution in [0.3, 0.4) is 0 Å². The summed E-state index contributed by atoms with van der Waals surface area (Å²) in [6, 6.07) is 3.92. The number of aryl methyl sites for hydroxylation is 1. The van der Waals surface area contributed by atoms with Gasteiger partial charge in [-0.25, -0.2) is 0 Å². The molecule has 0 spiro atoms. The average molecular weight is 351 g/mol. The zero-order valence-electron chi connectivity index (χ0n) is 15.4. The summed E-state index contributed by atoms with van der Waals surface area (Å²) in [6.07, 6.45) is 0.422. The Kier molecular flexibility index (Phi) is 7.02. The molecule has 24 heavy (non-hydrogen) atoms. The van der Waals surface area contributed by atoms with Crippen molar-refractivity contribution in [3.8, 4) is 5.75 Å². The van der Waals surface area contributed by atoms with Crippen LogP contribution in [0.5, 0.6) is 5.75 Å². The zero-order valence-corrected chi connectivity index (χ0v) is 16.4. The number of ether oxygens (including phenoxy) is 1. The number of carboxylic acids is 1. The molecule has 0 aliphatic carbocycles. The fourth-order valence-corrected chi connectivity index (χ4v) is 3.13. The Morgan fingerprint density at radius 1 is 1.21 bits per heavy atom. The van der Waals surface area contributed by atoms with Crippen LogP contribution in [-0.2, 0) is 32.8 Å². The van der Waals surface area contributed by atoms with Crippen LogP contribution in [0.15, 0.2) is 12.1 Å². The molecule has 0 atom stereocenters. The molecule has 0 unspecified atom stereocenters. The van der Waals surface area contributed by atoms with Gasteiger partial charge < -0.3 is 14.3 Å². The molecule has 1 radical (unpaired) electrons. The minimum atomic E-state index is -1.06. The maximum atomic E-state index is 11.3. The SMILES string of the molecule is CC(=O)OCc1c(C(C)(C)C)ccc(CCC(=O)O)c1O[Si](C)C. The Morgan fingerprint density at radius 2 is 1.83 bits per heavy atom. The van der Waals surface area contributed by atoms with Gasteiger partial charge >= 0.3 is 11.9 Å². The Hall–Kier alpha value is -1.82. The number of rotatable bonds is 7. The molecule has 133 valence electrons. The molecule has 5 nitrogen and oxygen atoms in total. The van der Waals surface area contributed by atoms with E-state index in [2.05, 4.69) is 20.8 Å². The summed E-state index contributed by atoms with van der Waals surface area (Å²) in [4.78, 5) is 22.2. The molecule has 1 aromatic carbocycles. The standard InChI is InChI=1S/C18H27O5Si/c1-12(19)22-11-14-15(18(2,3)4)9-7-13(8-10-16(20)21)17(14)23-24(5)6/h7,9H,8,10-11H2,1-6H3,(H,20,21). The molecule has 1 aromatic rings. The van der Waals surface area contributed by atoms with E-state index in [1.165, 1.54) is 6.92 Å². The molecule has 6 heteroatoms. The van der Waals surface area contributed by atoms with Crippen LogP contribution in [0.2, 0.25) is 13.1 Å². The fraction of sp³-hybridized carbons (Fsp3) is 0.556. The molecule has 0 aromatic heterocycles. The largest absolute Gasteiger partial charge is 0.542 e. The van der Waals surface area contributed by atoms with Gasteiger partial charge in [0.05, 0.1) is 0 Å². The molecule has 1 rings (SSSR count). The van der Waals surface area contributed by atoms with Gasteiger partial charge in [-0.2, -0.15) is 0 Å². The van der Waals surface area contributed by atoms with Gasteiger partial charge in [0.25, 0.3) is 9.04 Å². The smallest absolute Gasteiger partial charge is 0.303 e. The second-order valence-corrected chi connectivity index (χ2v) is 9.03. The van der Waals surface area contributed by atoms with E-state index in [9.17, 15) is 9.59 Å². The van der Waals surface area contributed by atoms with Crippen molar-refractivity contribution in [2.24, 2.45) is 0 Å². The Labute approximate surface area is 145 Å². The highest BCUT2D eigenvalue weighted by Crippen LogP contribution is 2.36. The highest BCUT2D eigenvalue weighted by molar-refractivity contribution is 6.49. The van der Waals surface area contributed by atoms with E-state index < -0.39 is 15.0 Å². The summed E-state index contributed by atoms with van der Waals surface area (Å²) >= 11 is 0. The Bertz CT molecular complexity index is 602. The third-order valence-electron chi connectivity index (χ3n) is 3.48. The molecule has 0 aliphatic heterocycles. The van der Waals surface area contributed by atoms with Crippen molar-refractivity contribution in [3.63, 3.8) is 0 Å². The molecule has 0 aliphatic rings. The predicted molar refractivity (Wildman–Crippen MR) is 94.7 cm³/mol. The third kappa shape index (κ3) is 6.00. The lowest BCUT2D eigenvalue weighted by atomic mass is 9.82. The molecule has 0 saturated carbocycles. The van der Waals surface area contributed by atoms with Crippen LogP contribution in [0.1, 0.15) is 50.8 Å². The van der Waals surface area contributed by atoms with Crippen LogP contribution >= 0.6 is 0 Å². The van der Waals surface area contributed by atoms with Crippen LogP contribution < -0.4 is 4.43 Å². The number of benzene rings is 1. The summed E-state index contributed by atoms with van der Waals surface area (Å²) in [5.74, 6) is -0.514. The topological polar surface area (TPSA) is 72.8 Å². The lowest BCUT2D eigenvalue weighted by Crippen LogP contribution is -2.20. The summed E-state index contributed by atoms with van der Waals surface area (Å²) in [5, 5.41) is 8.97.